The van der Waals surface area contributed by atoms with Gasteiger partial charge in [-0.25, -0.2) is 4.98 Å². The van der Waals surface area contributed by atoms with Gasteiger partial charge in [-0.05, 0) is 61.6 Å². The minimum atomic E-state index is 0.367. The summed E-state index contributed by atoms with van der Waals surface area (Å²) in [5.74, 6) is 2.58. The maximum atomic E-state index is 5.80. The molecule has 2 heterocycles. The van der Waals surface area contributed by atoms with E-state index < -0.39 is 0 Å². The third-order valence-electron chi connectivity index (χ3n) is 4.57. The Morgan fingerprint density at radius 1 is 1.03 bits per heavy atom. The van der Waals surface area contributed by atoms with Crippen LogP contribution in [0, 0.1) is 13.8 Å². The molecular weight excluding hydrogens is 398 g/mol. The van der Waals surface area contributed by atoms with Gasteiger partial charge in [-0.15, -0.1) is 5.10 Å². The average Bonchev–Trinajstić information content (AvgIpc) is 3.20. The maximum absolute atomic E-state index is 5.80. The molecule has 0 saturated carbocycles. The molecule has 0 bridgehead atoms. The van der Waals surface area contributed by atoms with E-state index in [1.54, 1.807) is 6.07 Å². The van der Waals surface area contributed by atoms with E-state index in [0.717, 1.165) is 11.3 Å². The van der Waals surface area contributed by atoms with Crippen molar-refractivity contribution in [2.24, 2.45) is 0 Å². The molecule has 0 aliphatic carbocycles. The molecule has 2 aromatic carbocycles. The number of anilines is 3. The molecule has 0 saturated heterocycles. The molecule has 9 heteroatoms. The summed E-state index contributed by atoms with van der Waals surface area (Å²) >= 11 is 1.40. The lowest BCUT2D eigenvalue weighted by Crippen LogP contribution is -1.97. The first-order valence-corrected chi connectivity index (χ1v) is 10.5. The number of ether oxygens (including phenoxy) is 1. The fourth-order valence-electron chi connectivity index (χ4n) is 2.82. The second-order valence-corrected chi connectivity index (χ2v) is 7.40. The Morgan fingerprint density at radius 3 is 2.60 bits per heavy atom. The lowest BCUT2D eigenvalue weighted by atomic mass is 10.1. The Labute approximate surface area is 178 Å². The number of hydrogen-bond donors (Lipinski definition) is 3. The molecule has 0 unspecified atom stereocenters. The zero-order valence-electron chi connectivity index (χ0n) is 16.8. The van der Waals surface area contributed by atoms with E-state index in [1.807, 2.05) is 42.7 Å². The van der Waals surface area contributed by atoms with Crippen LogP contribution in [0.15, 0.2) is 53.7 Å². The van der Waals surface area contributed by atoms with E-state index in [1.165, 1.54) is 22.9 Å². The van der Waals surface area contributed by atoms with E-state index >= 15 is 0 Å². The second kappa shape index (κ2) is 8.42. The van der Waals surface area contributed by atoms with Gasteiger partial charge in [0, 0.05) is 17.3 Å². The second-order valence-electron chi connectivity index (χ2n) is 6.62. The highest BCUT2D eigenvalue weighted by molar-refractivity contribution is 7.98. The molecular formula is C21H21N7OS. The number of aromatic amines is 1. The predicted molar refractivity (Wildman–Crippen MR) is 119 cm³/mol. The number of hydrogen-bond acceptors (Lipinski definition) is 8. The van der Waals surface area contributed by atoms with Crippen molar-refractivity contribution in [2.75, 3.05) is 17.3 Å². The topological polar surface area (TPSA) is 115 Å². The number of benzene rings is 2. The van der Waals surface area contributed by atoms with E-state index in [4.69, 9.17) is 10.5 Å². The first kappa shape index (κ1) is 19.7. The van der Waals surface area contributed by atoms with E-state index in [9.17, 15) is 0 Å². The summed E-state index contributed by atoms with van der Waals surface area (Å²) in [6.45, 7) is 4.14. The Bertz CT molecular complexity index is 1170. The molecule has 0 spiro atoms. The normalized spacial score (nSPS) is 10.8. The van der Waals surface area contributed by atoms with Crippen molar-refractivity contribution in [2.45, 2.75) is 19.0 Å². The van der Waals surface area contributed by atoms with Crippen LogP contribution in [0.3, 0.4) is 0 Å². The molecule has 2 aromatic heterocycles. The smallest absolute Gasteiger partial charge is 0.246 e. The number of H-pyrrole nitrogens is 1. The monoisotopic (exact) mass is 419 g/mol. The number of nitrogen functional groups attached to an aromatic ring is 1. The Kier molecular flexibility index (Phi) is 5.53. The lowest BCUT2D eigenvalue weighted by Gasteiger charge is -2.08. The van der Waals surface area contributed by atoms with E-state index in [0.29, 0.717) is 34.4 Å². The third-order valence-corrected chi connectivity index (χ3v) is 5.12. The highest BCUT2D eigenvalue weighted by atomic mass is 32.2. The zero-order valence-corrected chi connectivity index (χ0v) is 17.6. The number of aryl methyl sites for hydroxylation is 1. The molecule has 0 aliphatic rings. The summed E-state index contributed by atoms with van der Waals surface area (Å²) in [4.78, 5) is 12.9. The van der Waals surface area contributed by atoms with Crippen LogP contribution in [0.2, 0.25) is 0 Å². The van der Waals surface area contributed by atoms with Crippen LogP contribution in [-0.4, -0.2) is 31.4 Å². The fraction of sp³-hybridized carbons (Fsp3) is 0.143. The number of rotatable bonds is 6. The Morgan fingerprint density at radius 2 is 1.83 bits per heavy atom. The van der Waals surface area contributed by atoms with Crippen molar-refractivity contribution < 1.29 is 4.74 Å². The summed E-state index contributed by atoms with van der Waals surface area (Å²) in [5.41, 5.74) is 10.0. The van der Waals surface area contributed by atoms with E-state index in [-0.39, 0.29) is 0 Å². The van der Waals surface area contributed by atoms with Gasteiger partial charge < -0.3 is 15.8 Å². The quantitative estimate of drug-likeness (QED) is 0.304. The van der Waals surface area contributed by atoms with Gasteiger partial charge in [-0.1, -0.05) is 23.9 Å². The first-order chi connectivity index (χ1) is 14.5. The van der Waals surface area contributed by atoms with Crippen LogP contribution in [0.25, 0.3) is 11.4 Å². The van der Waals surface area contributed by atoms with Gasteiger partial charge >= 0.3 is 0 Å². The average molecular weight is 420 g/mol. The third kappa shape index (κ3) is 4.36. The maximum Gasteiger partial charge on any atom is 0.246 e. The number of nitrogens with two attached hydrogens (primary N) is 1. The molecule has 30 heavy (non-hydrogen) atoms. The minimum Gasteiger partial charge on any atom is -0.439 e. The number of thioether (sulfide) groups is 1. The molecule has 152 valence electrons. The van der Waals surface area contributed by atoms with Crippen LogP contribution in [0.5, 0.6) is 11.6 Å². The van der Waals surface area contributed by atoms with Gasteiger partial charge in [-0.2, -0.15) is 9.97 Å². The van der Waals surface area contributed by atoms with Gasteiger partial charge in [0.1, 0.15) is 11.6 Å². The summed E-state index contributed by atoms with van der Waals surface area (Å²) < 4.78 is 5.80. The van der Waals surface area contributed by atoms with Crippen molar-refractivity contribution in [3.63, 3.8) is 0 Å². The highest BCUT2D eigenvalue weighted by Crippen LogP contribution is 2.26. The van der Waals surface area contributed by atoms with E-state index in [2.05, 4.69) is 50.4 Å². The van der Waals surface area contributed by atoms with Crippen molar-refractivity contribution in [1.29, 1.82) is 0 Å². The predicted octanol–water partition coefficient (Wildman–Crippen LogP) is 4.72. The number of nitrogens with one attached hydrogen (secondary N) is 2. The van der Waals surface area contributed by atoms with Gasteiger partial charge in [0.2, 0.25) is 11.8 Å². The van der Waals surface area contributed by atoms with Crippen molar-refractivity contribution in [3.8, 4) is 23.0 Å². The molecule has 4 aromatic rings. The molecule has 8 nitrogen and oxygen atoms in total. The molecule has 0 fully saturated rings. The van der Waals surface area contributed by atoms with Gasteiger partial charge in [0.25, 0.3) is 0 Å². The number of nitrogens with zero attached hydrogens (tertiary/aromatic N) is 4. The van der Waals surface area contributed by atoms with Gasteiger partial charge in [0.15, 0.2) is 11.0 Å². The summed E-state index contributed by atoms with van der Waals surface area (Å²) in [6, 6.07) is 15.2. The lowest BCUT2D eigenvalue weighted by molar-refractivity contribution is 0.456. The first-order valence-electron chi connectivity index (χ1n) is 9.24. The largest absolute Gasteiger partial charge is 0.439 e. The molecule has 0 radical (unpaired) electrons. The molecule has 0 atom stereocenters. The fourth-order valence-corrected chi connectivity index (χ4v) is 3.20. The summed E-state index contributed by atoms with van der Waals surface area (Å²) in [5, 5.41) is 11.0. The van der Waals surface area contributed by atoms with Crippen LogP contribution in [-0.2, 0) is 0 Å². The molecule has 4 N–H and O–H groups in total. The number of aromatic nitrogens is 5. The van der Waals surface area contributed by atoms with Crippen LogP contribution >= 0.6 is 11.8 Å². The Balaban J connectivity index is 1.48. The molecule has 4 rings (SSSR count). The SMILES string of the molecule is CSc1nc(N)cc(Oc2ccc(-c3nc(Nc4cccc(C)c4C)n[nH]3)cc2)n1. The molecule has 0 aliphatic heterocycles. The zero-order chi connectivity index (χ0) is 21.1. The van der Waals surface area contributed by atoms with Crippen molar-refractivity contribution in [3.05, 3.63) is 59.7 Å². The molecule has 0 amide bonds. The van der Waals surface area contributed by atoms with Crippen molar-refractivity contribution >= 4 is 29.2 Å². The standard InChI is InChI=1S/C21H21N7OS/c1-12-5-4-6-16(13(12)2)23-20-26-19(27-28-20)14-7-9-15(10-8-14)29-18-11-17(22)24-21(25-18)30-3/h4-11H,1-3H3,(H2,22,24,25)(H2,23,26,27,28). The van der Waals surface area contributed by atoms with Gasteiger partial charge in [-0.3, -0.25) is 5.10 Å². The van der Waals surface area contributed by atoms with Gasteiger partial charge in [0.05, 0.1) is 0 Å². The Hall–Kier alpha value is -3.59. The van der Waals surface area contributed by atoms with Crippen LogP contribution in [0.1, 0.15) is 11.1 Å². The van der Waals surface area contributed by atoms with Crippen LogP contribution < -0.4 is 15.8 Å². The van der Waals surface area contributed by atoms with Crippen molar-refractivity contribution in [1.82, 2.24) is 25.1 Å². The highest BCUT2D eigenvalue weighted by Gasteiger charge is 2.09. The summed E-state index contributed by atoms with van der Waals surface area (Å²) in [6.07, 6.45) is 1.88. The summed E-state index contributed by atoms with van der Waals surface area (Å²) in [7, 11) is 0. The van der Waals surface area contributed by atoms with Crippen LogP contribution in [0.4, 0.5) is 17.5 Å². The minimum absolute atomic E-state index is 0.367.